The number of alkyl carbamates (subject to hydrolysis) is 1. The first-order chi connectivity index (χ1) is 7.34. The van der Waals surface area contributed by atoms with E-state index in [9.17, 15) is 18.0 Å². The van der Waals surface area contributed by atoms with Crippen molar-refractivity contribution < 1.29 is 22.7 Å². The second-order valence-electron chi connectivity index (χ2n) is 5.65. The van der Waals surface area contributed by atoms with Crippen LogP contribution in [-0.2, 0) is 4.74 Å². The van der Waals surface area contributed by atoms with Crippen molar-refractivity contribution in [3.05, 3.63) is 0 Å². The number of carbonyl (C=O) groups is 1. The van der Waals surface area contributed by atoms with Gasteiger partial charge >= 0.3 is 12.3 Å². The Balaban J connectivity index is 5.27. The minimum absolute atomic E-state index is 0.743. The molecular weight excluding hydrogens is 235 g/mol. The molecule has 0 saturated heterocycles. The summed E-state index contributed by atoms with van der Waals surface area (Å²) < 4.78 is 43.3. The van der Waals surface area contributed by atoms with Crippen LogP contribution in [0.4, 0.5) is 18.0 Å². The number of halogens is 3. The van der Waals surface area contributed by atoms with E-state index < -0.39 is 29.1 Å². The van der Waals surface area contributed by atoms with Crippen LogP contribution in [-0.4, -0.2) is 25.4 Å². The van der Waals surface area contributed by atoms with Gasteiger partial charge in [-0.25, -0.2) is 4.79 Å². The Morgan fingerprint density at radius 3 is 1.76 bits per heavy atom. The number of methoxy groups -OCH3 is 1. The fourth-order valence-electron chi connectivity index (χ4n) is 1.82. The molecule has 1 unspecified atom stereocenters. The van der Waals surface area contributed by atoms with Crippen LogP contribution in [0.2, 0.25) is 0 Å². The highest BCUT2D eigenvalue weighted by molar-refractivity contribution is 5.67. The highest BCUT2D eigenvalue weighted by Gasteiger charge is 2.56. The summed E-state index contributed by atoms with van der Waals surface area (Å²) in [5.41, 5.74) is -2.79. The maximum absolute atomic E-state index is 13.0. The van der Waals surface area contributed by atoms with Gasteiger partial charge in [-0.15, -0.1) is 0 Å². The van der Waals surface area contributed by atoms with Gasteiger partial charge in [0.1, 0.15) is 0 Å². The predicted molar refractivity (Wildman–Crippen MR) is 58.6 cm³/mol. The lowest BCUT2D eigenvalue weighted by Gasteiger charge is -2.43. The third kappa shape index (κ3) is 3.78. The fraction of sp³-hybridized carbons (Fsp3) is 0.909. The molecule has 0 aliphatic carbocycles. The lowest BCUT2D eigenvalue weighted by Crippen LogP contribution is -2.57. The summed E-state index contributed by atoms with van der Waals surface area (Å²) in [5, 5.41) is 2.27. The standard InChI is InChI=1S/C11H20F3NO2/c1-9(2,3)7(15-8(16)17-6)10(4,5)11(12,13)14/h7H,1-6H3,(H,15,16). The summed E-state index contributed by atoms with van der Waals surface area (Å²) in [6, 6.07) is -1.08. The third-order valence-corrected chi connectivity index (χ3v) is 2.77. The zero-order valence-corrected chi connectivity index (χ0v) is 11.0. The highest BCUT2D eigenvalue weighted by atomic mass is 19.4. The van der Waals surface area contributed by atoms with E-state index in [2.05, 4.69) is 10.1 Å². The van der Waals surface area contributed by atoms with Gasteiger partial charge in [0.15, 0.2) is 0 Å². The first-order valence-corrected chi connectivity index (χ1v) is 5.25. The molecule has 0 radical (unpaired) electrons. The van der Waals surface area contributed by atoms with Gasteiger partial charge in [-0.3, -0.25) is 0 Å². The first kappa shape index (κ1) is 16.1. The molecule has 0 aromatic carbocycles. The summed E-state index contributed by atoms with van der Waals surface area (Å²) in [5.74, 6) is 0. The Bertz CT molecular complexity index is 279. The summed E-state index contributed by atoms with van der Waals surface area (Å²) in [6.07, 6.45) is -5.27. The fourth-order valence-corrected chi connectivity index (χ4v) is 1.82. The van der Waals surface area contributed by atoms with Crippen molar-refractivity contribution in [2.24, 2.45) is 10.8 Å². The van der Waals surface area contributed by atoms with Crippen LogP contribution >= 0.6 is 0 Å². The smallest absolute Gasteiger partial charge is 0.407 e. The normalized spacial score (nSPS) is 15.4. The van der Waals surface area contributed by atoms with Crippen LogP contribution in [0.5, 0.6) is 0 Å². The molecule has 17 heavy (non-hydrogen) atoms. The van der Waals surface area contributed by atoms with Crippen LogP contribution in [0.1, 0.15) is 34.6 Å². The second kappa shape index (κ2) is 4.74. The first-order valence-electron chi connectivity index (χ1n) is 5.25. The van der Waals surface area contributed by atoms with E-state index in [1.165, 1.54) is 0 Å². The molecule has 0 aliphatic rings. The number of nitrogens with one attached hydrogen (secondary N) is 1. The maximum atomic E-state index is 13.0. The molecule has 0 saturated carbocycles. The van der Waals surface area contributed by atoms with E-state index in [-0.39, 0.29) is 0 Å². The lowest BCUT2D eigenvalue weighted by atomic mass is 9.70. The van der Waals surface area contributed by atoms with Gasteiger partial charge in [0.2, 0.25) is 0 Å². The van der Waals surface area contributed by atoms with Crippen LogP contribution in [0, 0.1) is 10.8 Å². The Labute approximate surface area is 99.7 Å². The Morgan fingerprint density at radius 1 is 1.12 bits per heavy atom. The largest absolute Gasteiger partial charge is 0.453 e. The maximum Gasteiger partial charge on any atom is 0.407 e. The Kier molecular flexibility index (Phi) is 4.48. The van der Waals surface area contributed by atoms with Gasteiger partial charge in [-0.2, -0.15) is 13.2 Å². The van der Waals surface area contributed by atoms with Crippen LogP contribution in [0.15, 0.2) is 0 Å². The van der Waals surface area contributed by atoms with Gasteiger partial charge in [0, 0.05) is 0 Å². The SMILES string of the molecule is COC(=O)NC(C(C)(C)C)C(C)(C)C(F)(F)F. The summed E-state index contributed by atoms with van der Waals surface area (Å²) >= 11 is 0. The van der Waals surface area contributed by atoms with E-state index >= 15 is 0 Å². The monoisotopic (exact) mass is 255 g/mol. The number of amides is 1. The number of alkyl halides is 3. The van der Waals surface area contributed by atoms with E-state index in [1.54, 1.807) is 20.8 Å². The molecule has 1 atom stereocenters. The molecule has 0 aliphatic heterocycles. The molecule has 3 nitrogen and oxygen atoms in total. The molecule has 0 fully saturated rings. The zero-order chi connectivity index (χ0) is 14.1. The van der Waals surface area contributed by atoms with Gasteiger partial charge < -0.3 is 10.1 Å². The minimum Gasteiger partial charge on any atom is -0.453 e. The third-order valence-electron chi connectivity index (χ3n) is 2.77. The molecule has 1 N–H and O–H groups in total. The number of rotatable bonds is 2. The molecular formula is C11H20F3NO2. The molecule has 0 bridgehead atoms. The van der Waals surface area contributed by atoms with E-state index in [4.69, 9.17) is 0 Å². The van der Waals surface area contributed by atoms with Crippen molar-refractivity contribution >= 4 is 6.09 Å². The number of hydrogen-bond acceptors (Lipinski definition) is 2. The van der Waals surface area contributed by atoms with Crippen LogP contribution < -0.4 is 5.32 Å². The predicted octanol–water partition coefficient (Wildman–Crippen LogP) is 3.35. The number of hydrogen-bond donors (Lipinski definition) is 1. The van der Waals surface area contributed by atoms with E-state index in [0.717, 1.165) is 21.0 Å². The number of carbonyl (C=O) groups excluding carboxylic acids is 1. The molecule has 1 amide bonds. The summed E-state index contributed by atoms with van der Waals surface area (Å²) in [4.78, 5) is 11.1. The Hall–Kier alpha value is -0.940. The quantitative estimate of drug-likeness (QED) is 0.821. The van der Waals surface area contributed by atoms with Crippen molar-refractivity contribution in [1.29, 1.82) is 0 Å². The van der Waals surface area contributed by atoms with Gasteiger partial charge in [-0.05, 0) is 19.3 Å². The van der Waals surface area contributed by atoms with Crippen molar-refractivity contribution in [2.75, 3.05) is 7.11 Å². The van der Waals surface area contributed by atoms with Crippen molar-refractivity contribution in [3.63, 3.8) is 0 Å². The molecule has 102 valence electrons. The van der Waals surface area contributed by atoms with Crippen LogP contribution in [0.3, 0.4) is 0 Å². The van der Waals surface area contributed by atoms with Crippen molar-refractivity contribution in [1.82, 2.24) is 5.32 Å². The second-order valence-corrected chi connectivity index (χ2v) is 5.65. The molecule has 6 heteroatoms. The average molecular weight is 255 g/mol. The van der Waals surface area contributed by atoms with Gasteiger partial charge in [-0.1, -0.05) is 20.8 Å². The average Bonchev–Trinajstić information content (AvgIpc) is 2.09. The zero-order valence-electron chi connectivity index (χ0n) is 11.0. The molecule has 0 heterocycles. The number of ether oxygens (including phenoxy) is 1. The summed E-state index contributed by atoms with van der Waals surface area (Å²) in [6.45, 7) is 7.06. The van der Waals surface area contributed by atoms with Gasteiger partial charge in [0.05, 0.1) is 18.6 Å². The van der Waals surface area contributed by atoms with E-state index in [1.807, 2.05) is 0 Å². The summed E-state index contributed by atoms with van der Waals surface area (Å²) in [7, 11) is 1.12. The topological polar surface area (TPSA) is 38.3 Å². The van der Waals surface area contributed by atoms with E-state index in [0.29, 0.717) is 0 Å². The minimum atomic E-state index is -4.41. The molecule has 0 aromatic rings. The molecule has 0 aromatic heterocycles. The Morgan fingerprint density at radius 2 is 1.53 bits per heavy atom. The molecule has 0 spiro atoms. The van der Waals surface area contributed by atoms with Gasteiger partial charge in [0.25, 0.3) is 0 Å². The molecule has 0 rings (SSSR count). The van der Waals surface area contributed by atoms with Crippen LogP contribution in [0.25, 0.3) is 0 Å². The van der Waals surface area contributed by atoms with Crippen molar-refractivity contribution in [3.8, 4) is 0 Å². The highest BCUT2D eigenvalue weighted by Crippen LogP contribution is 2.45. The van der Waals surface area contributed by atoms with Crippen molar-refractivity contribution in [2.45, 2.75) is 46.8 Å². The lowest BCUT2D eigenvalue weighted by molar-refractivity contribution is -0.229.